The van der Waals surface area contributed by atoms with Crippen LogP contribution in [-0.2, 0) is 5.41 Å². The van der Waals surface area contributed by atoms with Crippen molar-refractivity contribution in [2.45, 2.75) is 5.41 Å². The summed E-state index contributed by atoms with van der Waals surface area (Å²) in [6, 6.07) is 58.1. The van der Waals surface area contributed by atoms with E-state index in [4.69, 9.17) is 10.1 Å². The number of hydrogen-bond donors (Lipinski definition) is 0. The van der Waals surface area contributed by atoms with Crippen molar-refractivity contribution in [1.29, 1.82) is 0 Å². The van der Waals surface area contributed by atoms with Gasteiger partial charge < -0.3 is 4.90 Å². The van der Waals surface area contributed by atoms with Crippen LogP contribution in [-0.4, -0.2) is 20.2 Å². The summed E-state index contributed by atoms with van der Waals surface area (Å²) in [6.45, 7) is 0. The van der Waals surface area contributed by atoms with E-state index < -0.39 is 5.41 Å². The van der Waals surface area contributed by atoms with Gasteiger partial charge in [-0.3, -0.25) is 4.98 Å². The molecule has 0 saturated carbocycles. The smallest absolute Gasteiger partial charge is 0.183 e. The zero-order valence-electron chi connectivity index (χ0n) is 27.0. The van der Waals surface area contributed by atoms with Crippen molar-refractivity contribution >= 4 is 17.1 Å². The predicted octanol–water partition coefficient (Wildman–Crippen LogP) is 10.4. The fraction of sp³-hybridized carbons (Fsp3) is 0.0222. The standard InChI is InChI=1S/C45H29N5/c1-3-15-30(16-4-1)42-43(47-44(49-48-42)31-17-14-28-46-29-31)34-21-13-25-38-41(34)33-20-7-8-22-35(33)45(38)36-23-9-11-26-39(36)50(32-18-5-2-6-19-32)40-27-12-10-24-37(40)45/h1-29H. The van der Waals surface area contributed by atoms with Crippen molar-refractivity contribution in [2.24, 2.45) is 0 Å². The number of hydrogen-bond acceptors (Lipinski definition) is 5. The molecule has 50 heavy (non-hydrogen) atoms. The van der Waals surface area contributed by atoms with Gasteiger partial charge in [0.25, 0.3) is 0 Å². The fourth-order valence-corrected chi connectivity index (χ4v) is 8.13. The second-order valence-corrected chi connectivity index (χ2v) is 12.7. The first kappa shape index (κ1) is 28.3. The SMILES string of the molecule is c1ccc(-c2nnc(-c3cccnc3)nc2-c2cccc3c2-c2ccccc2C32c3ccccc3N(c3ccccc3)c3ccccc32)cc1. The van der Waals surface area contributed by atoms with E-state index >= 15 is 0 Å². The number of benzene rings is 6. The van der Waals surface area contributed by atoms with Crippen LogP contribution >= 0.6 is 0 Å². The monoisotopic (exact) mass is 639 g/mol. The van der Waals surface area contributed by atoms with Crippen molar-refractivity contribution in [3.63, 3.8) is 0 Å². The molecule has 0 amide bonds. The summed E-state index contributed by atoms with van der Waals surface area (Å²) >= 11 is 0. The van der Waals surface area contributed by atoms with Crippen molar-refractivity contribution in [1.82, 2.24) is 20.2 Å². The summed E-state index contributed by atoms with van der Waals surface area (Å²) in [5.74, 6) is 0.540. The maximum Gasteiger partial charge on any atom is 0.183 e. The number of pyridine rings is 1. The molecule has 0 bridgehead atoms. The number of rotatable bonds is 4. The molecule has 8 aromatic rings. The van der Waals surface area contributed by atoms with Crippen LogP contribution in [0.2, 0.25) is 0 Å². The van der Waals surface area contributed by atoms with Gasteiger partial charge in [-0.05, 0) is 69.8 Å². The summed E-state index contributed by atoms with van der Waals surface area (Å²) in [5.41, 5.74) is 14.5. The van der Waals surface area contributed by atoms with Gasteiger partial charge in [0.1, 0.15) is 11.4 Å². The lowest BCUT2D eigenvalue weighted by molar-refractivity contribution is 0.753. The van der Waals surface area contributed by atoms with E-state index in [1.807, 2.05) is 30.3 Å². The lowest BCUT2D eigenvalue weighted by atomic mass is 9.64. The molecule has 2 aromatic heterocycles. The van der Waals surface area contributed by atoms with Crippen LogP contribution in [0.25, 0.3) is 45.0 Å². The Morgan fingerprint density at radius 3 is 1.76 bits per heavy atom. The second-order valence-electron chi connectivity index (χ2n) is 12.7. The Balaban J connectivity index is 1.31. The lowest BCUT2D eigenvalue weighted by Crippen LogP contribution is -2.36. The van der Waals surface area contributed by atoms with Gasteiger partial charge in [-0.2, -0.15) is 0 Å². The first-order valence-corrected chi connectivity index (χ1v) is 16.8. The van der Waals surface area contributed by atoms with Gasteiger partial charge in [-0.25, -0.2) is 4.98 Å². The average molecular weight is 640 g/mol. The molecule has 5 nitrogen and oxygen atoms in total. The number of para-hydroxylation sites is 3. The van der Waals surface area contributed by atoms with Crippen LogP contribution in [0, 0.1) is 0 Å². The van der Waals surface area contributed by atoms with Crippen LogP contribution in [0.1, 0.15) is 22.3 Å². The summed E-state index contributed by atoms with van der Waals surface area (Å²) < 4.78 is 0. The molecule has 1 aliphatic carbocycles. The summed E-state index contributed by atoms with van der Waals surface area (Å²) in [4.78, 5) is 12.0. The minimum atomic E-state index is -0.569. The van der Waals surface area contributed by atoms with Crippen LogP contribution in [0.3, 0.4) is 0 Å². The second kappa shape index (κ2) is 11.2. The molecule has 1 aliphatic heterocycles. The Kier molecular flexibility index (Phi) is 6.33. The molecule has 0 saturated heterocycles. The van der Waals surface area contributed by atoms with E-state index in [2.05, 4.69) is 148 Å². The maximum atomic E-state index is 5.29. The normalized spacial score (nSPS) is 13.3. The number of fused-ring (bicyclic) bond motifs is 9. The molecule has 0 atom stereocenters. The molecule has 6 aromatic carbocycles. The number of anilines is 3. The van der Waals surface area contributed by atoms with Crippen molar-refractivity contribution in [3.8, 4) is 45.0 Å². The predicted molar refractivity (Wildman–Crippen MR) is 199 cm³/mol. The van der Waals surface area contributed by atoms with Crippen molar-refractivity contribution in [2.75, 3.05) is 4.90 Å². The molecule has 0 fully saturated rings. The zero-order chi connectivity index (χ0) is 33.1. The van der Waals surface area contributed by atoms with Gasteiger partial charge in [-0.1, -0.05) is 127 Å². The minimum Gasteiger partial charge on any atom is -0.310 e. The average Bonchev–Trinajstić information content (AvgIpc) is 3.50. The molecule has 3 heterocycles. The summed E-state index contributed by atoms with van der Waals surface area (Å²) in [5, 5.41) is 9.48. The highest BCUT2D eigenvalue weighted by atomic mass is 15.2. The highest BCUT2D eigenvalue weighted by Crippen LogP contribution is 2.64. The molecule has 0 radical (unpaired) electrons. The Morgan fingerprint density at radius 1 is 0.440 bits per heavy atom. The highest BCUT2D eigenvalue weighted by molar-refractivity contribution is 6.01. The lowest BCUT2D eigenvalue weighted by Gasteiger charge is -2.45. The van der Waals surface area contributed by atoms with Gasteiger partial charge in [0, 0.05) is 34.8 Å². The topological polar surface area (TPSA) is 54.8 Å². The highest BCUT2D eigenvalue weighted by Gasteiger charge is 2.52. The maximum absolute atomic E-state index is 5.29. The van der Waals surface area contributed by atoms with E-state index in [-0.39, 0.29) is 0 Å². The van der Waals surface area contributed by atoms with Crippen LogP contribution in [0.5, 0.6) is 0 Å². The molecule has 0 N–H and O–H groups in total. The molecular formula is C45H29N5. The van der Waals surface area contributed by atoms with Crippen LogP contribution in [0.15, 0.2) is 176 Å². The van der Waals surface area contributed by atoms with Gasteiger partial charge in [-0.15, -0.1) is 10.2 Å². The third-order valence-corrected chi connectivity index (χ3v) is 10.1. The first-order chi connectivity index (χ1) is 24.8. The first-order valence-electron chi connectivity index (χ1n) is 16.8. The quantitative estimate of drug-likeness (QED) is 0.192. The Labute approximate surface area is 290 Å². The molecule has 0 unspecified atom stereocenters. The fourth-order valence-electron chi connectivity index (χ4n) is 8.13. The molecule has 2 aliphatic rings. The Morgan fingerprint density at radius 2 is 1.04 bits per heavy atom. The summed E-state index contributed by atoms with van der Waals surface area (Å²) in [6.07, 6.45) is 3.55. The Bertz CT molecular complexity index is 2500. The van der Waals surface area contributed by atoms with Gasteiger partial charge in [0.2, 0.25) is 0 Å². The third kappa shape index (κ3) is 4.01. The van der Waals surface area contributed by atoms with E-state index in [0.717, 1.165) is 50.7 Å². The number of nitrogens with zero attached hydrogens (tertiary/aromatic N) is 5. The summed E-state index contributed by atoms with van der Waals surface area (Å²) in [7, 11) is 0. The molecule has 1 spiro atoms. The van der Waals surface area contributed by atoms with E-state index in [0.29, 0.717) is 5.82 Å². The van der Waals surface area contributed by atoms with Gasteiger partial charge in [0.15, 0.2) is 5.82 Å². The molecule has 10 rings (SSSR count). The van der Waals surface area contributed by atoms with Crippen LogP contribution < -0.4 is 4.90 Å². The van der Waals surface area contributed by atoms with E-state index in [1.165, 1.54) is 27.8 Å². The largest absolute Gasteiger partial charge is 0.310 e. The molecular weight excluding hydrogens is 611 g/mol. The number of aromatic nitrogens is 4. The van der Waals surface area contributed by atoms with Gasteiger partial charge >= 0.3 is 0 Å². The minimum absolute atomic E-state index is 0.540. The van der Waals surface area contributed by atoms with E-state index in [1.54, 1.807) is 12.4 Å². The van der Waals surface area contributed by atoms with Crippen LogP contribution in [0.4, 0.5) is 17.1 Å². The third-order valence-electron chi connectivity index (χ3n) is 10.1. The van der Waals surface area contributed by atoms with Gasteiger partial charge in [0.05, 0.1) is 16.8 Å². The molecule has 234 valence electrons. The zero-order valence-corrected chi connectivity index (χ0v) is 27.0. The van der Waals surface area contributed by atoms with E-state index in [9.17, 15) is 0 Å². The Hall–Kier alpha value is -6.72. The molecule has 5 heteroatoms. The van der Waals surface area contributed by atoms with Crippen molar-refractivity contribution in [3.05, 3.63) is 198 Å². The van der Waals surface area contributed by atoms with Crippen molar-refractivity contribution < 1.29 is 0 Å².